The molecule has 0 aromatic rings. The predicted molar refractivity (Wildman–Crippen MR) is 79.0 cm³/mol. The molecule has 1 saturated heterocycles. The van der Waals surface area contributed by atoms with Gasteiger partial charge in [-0.3, -0.25) is 9.59 Å². The summed E-state index contributed by atoms with van der Waals surface area (Å²) < 4.78 is 5.64. The van der Waals surface area contributed by atoms with Gasteiger partial charge in [0.05, 0.1) is 17.6 Å². The first-order valence-electron chi connectivity index (χ1n) is 8.09. The first-order valence-corrected chi connectivity index (χ1v) is 8.09. The van der Waals surface area contributed by atoms with Gasteiger partial charge in [-0.25, -0.2) is 0 Å². The van der Waals surface area contributed by atoms with Gasteiger partial charge in [0.15, 0.2) is 0 Å². The van der Waals surface area contributed by atoms with E-state index < -0.39 is 11.4 Å². The highest BCUT2D eigenvalue weighted by molar-refractivity contribution is 5.85. The summed E-state index contributed by atoms with van der Waals surface area (Å²) in [6.45, 7) is 5.04. The largest absolute Gasteiger partial charge is 0.481 e. The van der Waals surface area contributed by atoms with Crippen molar-refractivity contribution in [1.82, 2.24) is 4.90 Å². The zero-order valence-corrected chi connectivity index (χ0v) is 13.1. The summed E-state index contributed by atoms with van der Waals surface area (Å²) in [4.78, 5) is 26.2. The van der Waals surface area contributed by atoms with Gasteiger partial charge in [-0.05, 0) is 26.7 Å². The van der Waals surface area contributed by atoms with E-state index in [0.717, 1.165) is 25.7 Å². The van der Waals surface area contributed by atoms with Crippen molar-refractivity contribution in [2.24, 2.45) is 5.41 Å². The molecule has 0 aromatic carbocycles. The molecular weight excluding hydrogens is 270 g/mol. The maximum Gasteiger partial charge on any atom is 0.310 e. The van der Waals surface area contributed by atoms with E-state index in [-0.39, 0.29) is 24.5 Å². The van der Waals surface area contributed by atoms with Crippen LogP contribution in [0.3, 0.4) is 0 Å². The second-order valence-electron chi connectivity index (χ2n) is 6.73. The molecule has 0 unspecified atom stereocenters. The number of amides is 1. The van der Waals surface area contributed by atoms with Gasteiger partial charge in [-0.1, -0.05) is 25.7 Å². The normalized spacial score (nSPS) is 29.7. The fourth-order valence-electron chi connectivity index (χ4n) is 3.65. The molecule has 120 valence electrons. The molecule has 1 N–H and O–H groups in total. The fourth-order valence-corrected chi connectivity index (χ4v) is 3.65. The number of ether oxygens (including phenoxy) is 1. The number of aliphatic carboxylic acids is 1. The number of hydrogen-bond donors (Lipinski definition) is 1. The average molecular weight is 297 g/mol. The van der Waals surface area contributed by atoms with Gasteiger partial charge >= 0.3 is 5.97 Å². The molecule has 21 heavy (non-hydrogen) atoms. The number of carboxylic acid groups (broad SMARTS) is 1. The summed E-state index contributed by atoms with van der Waals surface area (Å²) in [6, 6.07) is 0. The molecule has 0 bridgehead atoms. The summed E-state index contributed by atoms with van der Waals surface area (Å²) in [5, 5.41) is 9.67. The van der Waals surface area contributed by atoms with Crippen LogP contribution >= 0.6 is 0 Å². The molecule has 2 atom stereocenters. The molecule has 1 heterocycles. The Morgan fingerprint density at radius 3 is 2.10 bits per heavy atom. The van der Waals surface area contributed by atoms with Gasteiger partial charge in [0, 0.05) is 19.5 Å². The second-order valence-corrected chi connectivity index (χ2v) is 6.73. The first kappa shape index (κ1) is 16.3. The standard InChI is InChI=1S/C16H27NO4/c1-12-10-17(11-13(2)21-12)14(18)9-16(15(19)20)7-5-3-4-6-8-16/h12-13H,3-11H2,1-2H3,(H,19,20)/t12-,13+. The summed E-state index contributed by atoms with van der Waals surface area (Å²) in [5.74, 6) is -0.826. The number of rotatable bonds is 3. The zero-order valence-electron chi connectivity index (χ0n) is 13.1. The maximum atomic E-state index is 12.6. The highest BCUT2D eigenvalue weighted by Gasteiger charge is 2.42. The summed E-state index contributed by atoms with van der Waals surface area (Å²) in [7, 11) is 0. The molecule has 1 saturated carbocycles. The Morgan fingerprint density at radius 1 is 1.10 bits per heavy atom. The number of carbonyl (C=O) groups is 2. The van der Waals surface area contributed by atoms with Crippen LogP contribution in [-0.2, 0) is 14.3 Å². The minimum atomic E-state index is -0.849. The van der Waals surface area contributed by atoms with Crippen molar-refractivity contribution in [1.29, 1.82) is 0 Å². The van der Waals surface area contributed by atoms with Crippen molar-refractivity contribution < 1.29 is 19.4 Å². The minimum absolute atomic E-state index is 0.0209. The van der Waals surface area contributed by atoms with Crippen molar-refractivity contribution >= 4 is 11.9 Å². The van der Waals surface area contributed by atoms with Crippen LogP contribution in [-0.4, -0.2) is 47.2 Å². The van der Waals surface area contributed by atoms with Crippen LogP contribution in [0.5, 0.6) is 0 Å². The Labute approximate surface area is 126 Å². The number of morpholine rings is 1. The van der Waals surface area contributed by atoms with Crippen LogP contribution < -0.4 is 0 Å². The van der Waals surface area contributed by atoms with Crippen LogP contribution in [0.1, 0.15) is 58.8 Å². The number of carbonyl (C=O) groups excluding carboxylic acids is 1. The molecule has 0 aromatic heterocycles. The molecule has 1 aliphatic heterocycles. The Kier molecular flexibility index (Phi) is 5.25. The van der Waals surface area contributed by atoms with E-state index in [4.69, 9.17) is 4.74 Å². The van der Waals surface area contributed by atoms with E-state index in [1.54, 1.807) is 4.90 Å². The SMILES string of the molecule is C[C@@H]1CN(C(=O)CC2(C(=O)O)CCCCCC2)C[C@H](C)O1. The van der Waals surface area contributed by atoms with Crippen LogP contribution in [0.2, 0.25) is 0 Å². The first-order chi connectivity index (χ1) is 9.93. The van der Waals surface area contributed by atoms with Crippen LogP contribution in [0.15, 0.2) is 0 Å². The van der Waals surface area contributed by atoms with Crippen LogP contribution in [0.25, 0.3) is 0 Å². The van der Waals surface area contributed by atoms with E-state index in [1.165, 1.54) is 0 Å². The van der Waals surface area contributed by atoms with E-state index in [0.29, 0.717) is 25.9 Å². The predicted octanol–water partition coefficient (Wildman–Crippen LogP) is 2.44. The fraction of sp³-hybridized carbons (Fsp3) is 0.875. The lowest BCUT2D eigenvalue weighted by Gasteiger charge is -2.37. The van der Waals surface area contributed by atoms with Crippen molar-refractivity contribution in [3.63, 3.8) is 0 Å². The molecule has 5 heteroatoms. The van der Waals surface area contributed by atoms with Gasteiger partial charge in [0.25, 0.3) is 0 Å². The van der Waals surface area contributed by atoms with Gasteiger partial charge in [-0.2, -0.15) is 0 Å². The molecule has 2 fully saturated rings. The number of carboxylic acids is 1. The Balaban J connectivity index is 2.05. The molecule has 2 rings (SSSR count). The number of nitrogens with zero attached hydrogens (tertiary/aromatic N) is 1. The Morgan fingerprint density at radius 2 is 1.62 bits per heavy atom. The van der Waals surface area contributed by atoms with E-state index in [9.17, 15) is 14.7 Å². The van der Waals surface area contributed by atoms with Gasteiger partial charge in [0.1, 0.15) is 0 Å². The molecule has 1 aliphatic carbocycles. The molecule has 2 aliphatic rings. The number of hydrogen-bond acceptors (Lipinski definition) is 3. The Bertz CT molecular complexity index is 378. The average Bonchev–Trinajstić information content (AvgIpc) is 2.64. The lowest BCUT2D eigenvalue weighted by molar-refractivity contribution is -0.158. The van der Waals surface area contributed by atoms with Gasteiger partial charge in [-0.15, -0.1) is 0 Å². The lowest BCUT2D eigenvalue weighted by atomic mass is 9.77. The van der Waals surface area contributed by atoms with Crippen molar-refractivity contribution in [3.05, 3.63) is 0 Å². The summed E-state index contributed by atoms with van der Waals surface area (Å²) in [6.07, 6.45) is 5.42. The monoisotopic (exact) mass is 297 g/mol. The van der Waals surface area contributed by atoms with Crippen LogP contribution in [0.4, 0.5) is 0 Å². The minimum Gasteiger partial charge on any atom is -0.481 e. The van der Waals surface area contributed by atoms with Crippen molar-refractivity contribution in [2.45, 2.75) is 71.0 Å². The van der Waals surface area contributed by atoms with Gasteiger partial charge in [0.2, 0.25) is 5.91 Å². The van der Waals surface area contributed by atoms with Crippen molar-refractivity contribution in [3.8, 4) is 0 Å². The summed E-state index contributed by atoms with van der Waals surface area (Å²) >= 11 is 0. The van der Waals surface area contributed by atoms with Gasteiger partial charge < -0.3 is 14.7 Å². The second kappa shape index (κ2) is 6.77. The molecule has 0 spiro atoms. The van der Waals surface area contributed by atoms with E-state index in [2.05, 4.69) is 0 Å². The quantitative estimate of drug-likeness (QED) is 0.813. The Hall–Kier alpha value is -1.10. The smallest absolute Gasteiger partial charge is 0.310 e. The molecule has 5 nitrogen and oxygen atoms in total. The lowest BCUT2D eigenvalue weighted by Crippen LogP contribution is -2.50. The summed E-state index contributed by atoms with van der Waals surface area (Å²) in [5.41, 5.74) is -0.849. The zero-order chi connectivity index (χ0) is 15.5. The molecule has 0 radical (unpaired) electrons. The highest BCUT2D eigenvalue weighted by atomic mass is 16.5. The molecule has 1 amide bonds. The van der Waals surface area contributed by atoms with E-state index in [1.807, 2.05) is 13.8 Å². The third kappa shape index (κ3) is 3.96. The van der Waals surface area contributed by atoms with Crippen molar-refractivity contribution in [2.75, 3.05) is 13.1 Å². The molecular formula is C16H27NO4. The van der Waals surface area contributed by atoms with E-state index >= 15 is 0 Å². The maximum absolute atomic E-state index is 12.6. The third-order valence-corrected chi connectivity index (χ3v) is 4.78. The van der Waals surface area contributed by atoms with Crippen LogP contribution in [0, 0.1) is 5.41 Å². The topological polar surface area (TPSA) is 66.8 Å². The highest BCUT2D eigenvalue weighted by Crippen LogP contribution is 2.39. The third-order valence-electron chi connectivity index (χ3n) is 4.78.